The van der Waals surface area contributed by atoms with Crippen LogP contribution in [0.4, 0.5) is 5.13 Å². The zero-order chi connectivity index (χ0) is 17.1. The molecular formula is C19H20N2O2S. The SMILES string of the molecule is Cc1cccc2sc(NC(=O)COc3ccc(C(C)C)cc3)nc12. The Kier molecular flexibility index (Phi) is 4.81. The van der Waals surface area contributed by atoms with E-state index in [2.05, 4.69) is 24.1 Å². The largest absolute Gasteiger partial charge is 0.484 e. The highest BCUT2D eigenvalue weighted by Crippen LogP contribution is 2.27. The molecule has 1 heterocycles. The van der Waals surface area contributed by atoms with Gasteiger partial charge in [0.05, 0.1) is 10.2 Å². The minimum Gasteiger partial charge on any atom is -0.484 e. The lowest BCUT2D eigenvalue weighted by Crippen LogP contribution is -2.20. The third-order valence-corrected chi connectivity index (χ3v) is 4.72. The van der Waals surface area contributed by atoms with Crippen LogP contribution in [-0.4, -0.2) is 17.5 Å². The topological polar surface area (TPSA) is 51.2 Å². The van der Waals surface area contributed by atoms with Crippen molar-refractivity contribution in [1.29, 1.82) is 0 Å². The fourth-order valence-electron chi connectivity index (χ4n) is 2.39. The molecule has 124 valence electrons. The van der Waals surface area contributed by atoms with Crippen LogP contribution < -0.4 is 10.1 Å². The van der Waals surface area contributed by atoms with Crippen LogP contribution in [0.3, 0.4) is 0 Å². The molecule has 1 N–H and O–H groups in total. The number of thiazole rings is 1. The second-order valence-electron chi connectivity index (χ2n) is 6.00. The molecule has 0 radical (unpaired) electrons. The molecule has 1 amide bonds. The van der Waals surface area contributed by atoms with Crippen LogP contribution in [0.5, 0.6) is 5.75 Å². The van der Waals surface area contributed by atoms with Crippen LogP contribution in [0, 0.1) is 6.92 Å². The van der Waals surface area contributed by atoms with E-state index in [1.807, 2.05) is 49.4 Å². The van der Waals surface area contributed by atoms with Gasteiger partial charge in [-0.2, -0.15) is 0 Å². The summed E-state index contributed by atoms with van der Waals surface area (Å²) in [4.78, 5) is 16.5. The number of nitrogens with zero attached hydrogens (tertiary/aromatic N) is 1. The number of anilines is 1. The fraction of sp³-hybridized carbons (Fsp3) is 0.263. The summed E-state index contributed by atoms with van der Waals surface area (Å²) in [6, 6.07) is 13.8. The number of para-hydroxylation sites is 1. The van der Waals surface area contributed by atoms with Crippen LogP contribution in [0.25, 0.3) is 10.2 Å². The van der Waals surface area contributed by atoms with Gasteiger partial charge in [-0.25, -0.2) is 4.98 Å². The van der Waals surface area contributed by atoms with E-state index in [-0.39, 0.29) is 12.5 Å². The molecule has 0 saturated carbocycles. The Morgan fingerprint density at radius 2 is 1.96 bits per heavy atom. The van der Waals surface area contributed by atoms with E-state index >= 15 is 0 Å². The van der Waals surface area contributed by atoms with Gasteiger partial charge in [-0.05, 0) is 42.2 Å². The smallest absolute Gasteiger partial charge is 0.264 e. The van der Waals surface area contributed by atoms with E-state index in [0.717, 1.165) is 15.8 Å². The van der Waals surface area contributed by atoms with Crippen LogP contribution in [0.1, 0.15) is 30.9 Å². The predicted octanol–water partition coefficient (Wildman–Crippen LogP) is 4.75. The Hall–Kier alpha value is -2.40. The minimum absolute atomic E-state index is 0.0318. The van der Waals surface area contributed by atoms with E-state index < -0.39 is 0 Å². The van der Waals surface area contributed by atoms with Crippen molar-refractivity contribution in [2.45, 2.75) is 26.7 Å². The highest BCUT2D eigenvalue weighted by atomic mass is 32.1. The molecular weight excluding hydrogens is 320 g/mol. The van der Waals surface area contributed by atoms with Crippen molar-refractivity contribution in [1.82, 2.24) is 4.98 Å². The summed E-state index contributed by atoms with van der Waals surface area (Å²) in [6.07, 6.45) is 0. The number of aryl methyl sites for hydroxylation is 1. The summed E-state index contributed by atoms with van der Waals surface area (Å²) < 4.78 is 6.60. The van der Waals surface area contributed by atoms with Gasteiger partial charge in [-0.1, -0.05) is 49.4 Å². The molecule has 0 aliphatic rings. The Morgan fingerprint density at radius 3 is 2.62 bits per heavy atom. The number of aromatic nitrogens is 1. The zero-order valence-electron chi connectivity index (χ0n) is 14.0. The third kappa shape index (κ3) is 3.74. The summed E-state index contributed by atoms with van der Waals surface area (Å²) >= 11 is 1.47. The molecule has 0 fully saturated rings. The number of amides is 1. The first-order valence-electron chi connectivity index (χ1n) is 7.91. The van der Waals surface area contributed by atoms with Crippen molar-refractivity contribution in [3.8, 4) is 5.75 Å². The highest BCUT2D eigenvalue weighted by molar-refractivity contribution is 7.22. The second kappa shape index (κ2) is 7.01. The van der Waals surface area contributed by atoms with Crippen LogP contribution in [0.2, 0.25) is 0 Å². The molecule has 24 heavy (non-hydrogen) atoms. The van der Waals surface area contributed by atoms with Gasteiger partial charge in [0.15, 0.2) is 11.7 Å². The Labute approximate surface area is 145 Å². The molecule has 5 heteroatoms. The molecule has 0 unspecified atom stereocenters. The minimum atomic E-state index is -0.209. The van der Waals surface area contributed by atoms with Crippen molar-refractivity contribution in [3.05, 3.63) is 53.6 Å². The molecule has 0 bridgehead atoms. The van der Waals surface area contributed by atoms with Crippen LogP contribution >= 0.6 is 11.3 Å². The maximum absolute atomic E-state index is 12.1. The average Bonchev–Trinajstić information content (AvgIpc) is 2.97. The third-order valence-electron chi connectivity index (χ3n) is 3.78. The van der Waals surface area contributed by atoms with E-state index in [1.165, 1.54) is 16.9 Å². The van der Waals surface area contributed by atoms with Crippen LogP contribution in [-0.2, 0) is 4.79 Å². The molecule has 0 aliphatic heterocycles. The molecule has 0 atom stereocenters. The summed E-state index contributed by atoms with van der Waals surface area (Å²) in [5.74, 6) is 0.958. The number of benzene rings is 2. The summed E-state index contributed by atoms with van der Waals surface area (Å²) in [5.41, 5.74) is 3.28. The lowest BCUT2D eigenvalue weighted by molar-refractivity contribution is -0.118. The van der Waals surface area contributed by atoms with Gasteiger partial charge >= 0.3 is 0 Å². The second-order valence-corrected chi connectivity index (χ2v) is 7.03. The normalized spacial score (nSPS) is 11.0. The Bertz CT molecular complexity index is 853. The quantitative estimate of drug-likeness (QED) is 0.729. The van der Waals surface area contributed by atoms with Crippen molar-refractivity contribution in [3.63, 3.8) is 0 Å². The maximum atomic E-state index is 12.1. The molecule has 0 saturated heterocycles. The van der Waals surface area contributed by atoms with Crippen molar-refractivity contribution < 1.29 is 9.53 Å². The summed E-state index contributed by atoms with van der Waals surface area (Å²) in [7, 11) is 0. The van der Waals surface area contributed by atoms with Crippen molar-refractivity contribution in [2.75, 3.05) is 11.9 Å². The van der Waals surface area contributed by atoms with Gasteiger partial charge in [0.1, 0.15) is 5.75 Å². The van der Waals surface area contributed by atoms with Gasteiger partial charge < -0.3 is 4.74 Å². The monoisotopic (exact) mass is 340 g/mol. The van der Waals surface area contributed by atoms with E-state index in [4.69, 9.17) is 4.74 Å². The Morgan fingerprint density at radius 1 is 1.21 bits per heavy atom. The fourth-order valence-corrected chi connectivity index (χ4v) is 3.35. The first kappa shape index (κ1) is 16.5. The molecule has 3 aromatic rings. The molecule has 1 aromatic heterocycles. The molecule has 2 aromatic carbocycles. The number of nitrogens with one attached hydrogen (secondary N) is 1. The van der Waals surface area contributed by atoms with Gasteiger partial charge in [-0.3, -0.25) is 10.1 Å². The van der Waals surface area contributed by atoms with E-state index in [0.29, 0.717) is 16.8 Å². The van der Waals surface area contributed by atoms with Crippen molar-refractivity contribution in [2.24, 2.45) is 0 Å². The number of carbonyl (C=O) groups is 1. The molecule has 0 aliphatic carbocycles. The predicted molar refractivity (Wildman–Crippen MR) is 99.0 cm³/mol. The average molecular weight is 340 g/mol. The number of hydrogen-bond donors (Lipinski definition) is 1. The first-order chi connectivity index (χ1) is 11.5. The number of carbonyl (C=O) groups excluding carboxylic acids is 1. The van der Waals surface area contributed by atoms with Gasteiger partial charge in [0, 0.05) is 0 Å². The summed E-state index contributed by atoms with van der Waals surface area (Å²) in [5, 5.41) is 3.40. The molecule has 0 spiro atoms. The van der Waals surface area contributed by atoms with Gasteiger partial charge in [-0.15, -0.1) is 0 Å². The van der Waals surface area contributed by atoms with Gasteiger partial charge in [0.25, 0.3) is 5.91 Å². The number of hydrogen-bond acceptors (Lipinski definition) is 4. The Balaban J connectivity index is 1.59. The first-order valence-corrected chi connectivity index (χ1v) is 8.73. The standard InChI is InChI=1S/C19H20N2O2S/c1-12(2)14-7-9-15(10-8-14)23-11-17(22)20-19-21-18-13(3)5-4-6-16(18)24-19/h4-10,12H,11H2,1-3H3,(H,20,21,22). The van der Waals surface area contributed by atoms with E-state index in [9.17, 15) is 4.79 Å². The molecule has 3 rings (SSSR count). The van der Waals surface area contributed by atoms with Crippen molar-refractivity contribution >= 4 is 32.6 Å². The molecule has 4 nitrogen and oxygen atoms in total. The number of rotatable bonds is 5. The number of ether oxygens (including phenoxy) is 1. The number of fused-ring (bicyclic) bond motifs is 1. The van der Waals surface area contributed by atoms with E-state index in [1.54, 1.807) is 0 Å². The van der Waals surface area contributed by atoms with Crippen LogP contribution in [0.15, 0.2) is 42.5 Å². The lowest BCUT2D eigenvalue weighted by Gasteiger charge is -2.08. The summed E-state index contributed by atoms with van der Waals surface area (Å²) in [6.45, 7) is 6.26. The van der Waals surface area contributed by atoms with Gasteiger partial charge in [0.2, 0.25) is 0 Å². The highest BCUT2D eigenvalue weighted by Gasteiger charge is 2.10. The maximum Gasteiger partial charge on any atom is 0.264 e. The lowest BCUT2D eigenvalue weighted by atomic mass is 10.0. The zero-order valence-corrected chi connectivity index (χ0v) is 14.8.